The van der Waals surface area contributed by atoms with E-state index >= 15 is 0 Å². The Morgan fingerprint density at radius 3 is 2.65 bits per heavy atom. The van der Waals surface area contributed by atoms with Gasteiger partial charge in [-0.2, -0.15) is 0 Å². The van der Waals surface area contributed by atoms with E-state index in [-0.39, 0.29) is 25.1 Å². The van der Waals surface area contributed by atoms with Crippen LogP contribution in [0.15, 0.2) is 30.3 Å². The first-order valence-electron chi connectivity index (χ1n) is 5.95. The standard InChI is InChI=1S/C13H20N2O2/c1-2-11(8-9-16)15-13(17)10-14-12-6-4-3-5-7-12/h3-7,11,14,16H,2,8-10H2,1H3,(H,15,17). The number of benzene rings is 1. The first-order valence-corrected chi connectivity index (χ1v) is 5.95. The molecule has 1 unspecified atom stereocenters. The Bertz CT molecular complexity index is 327. The third-order valence-electron chi connectivity index (χ3n) is 2.56. The van der Waals surface area contributed by atoms with Crippen LogP contribution in [0.1, 0.15) is 19.8 Å². The molecule has 0 aliphatic heterocycles. The summed E-state index contributed by atoms with van der Waals surface area (Å²) in [7, 11) is 0. The minimum Gasteiger partial charge on any atom is -0.396 e. The molecule has 1 aromatic rings. The Hall–Kier alpha value is -1.55. The topological polar surface area (TPSA) is 61.4 Å². The van der Waals surface area contributed by atoms with Gasteiger partial charge in [-0.3, -0.25) is 4.79 Å². The molecule has 4 nitrogen and oxygen atoms in total. The van der Waals surface area contributed by atoms with Crippen LogP contribution in [-0.2, 0) is 4.79 Å². The highest BCUT2D eigenvalue weighted by molar-refractivity contribution is 5.80. The van der Waals surface area contributed by atoms with Crippen LogP contribution in [0.3, 0.4) is 0 Å². The van der Waals surface area contributed by atoms with Gasteiger partial charge in [0.1, 0.15) is 0 Å². The lowest BCUT2D eigenvalue weighted by Gasteiger charge is -2.16. The second-order valence-electron chi connectivity index (χ2n) is 3.90. The summed E-state index contributed by atoms with van der Waals surface area (Å²) in [4.78, 5) is 11.6. The van der Waals surface area contributed by atoms with Crippen molar-refractivity contribution in [2.75, 3.05) is 18.5 Å². The minimum atomic E-state index is -0.0471. The van der Waals surface area contributed by atoms with Crippen LogP contribution < -0.4 is 10.6 Å². The number of nitrogens with one attached hydrogen (secondary N) is 2. The van der Waals surface area contributed by atoms with Crippen LogP contribution in [0, 0.1) is 0 Å². The molecule has 0 saturated carbocycles. The molecule has 0 saturated heterocycles. The second-order valence-corrected chi connectivity index (χ2v) is 3.90. The van der Waals surface area contributed by atoms with Crippen molar-refractivity contribution in [2.24, 2.45) is 0 Å². The zero-order valence-electron chi connectivity index (χ0n) is 10.1. The highest BCUT2D eigenvalue weighted by Gasteiger charge is 2.09. The normalized spacial score (nSPS) is 11.9. The van der Waals surface area contributed by atoms with E-state index in [2.05, 4.69) is 10.6 Å². The molecular weight excluding hydrogens is 216 g/mol. The predicted molar refractivity (Wildman–Crippen MR) is 68.9 cm³/mol. The number of hydrogen-bond acceptors (Lipinski definition) is 3. The maximum absolute atomic E-state index is 11.6. The van der Waals surface area contributed by atoms with Crippen molar-refractivity contribution in [1.29, 1.82) is 0 Å². The van der Waals surface area contributed by atoms with Crippen molar-refractivity contribution in [1.82, 2.24) is 5.32 Å². The van der Waals surface area contributed by atoms with Crippen molar-refractivity contribution in [2.45, 2.75) is 25.8 Å². The minimum absolute atomic E-state index is 0.0471. The summed E-state index contributed by atoms with van der Waals surface area (Å²) in [6.45, 7) is 2.35. The summed E-state index contributed by atoms with van der Waals surface area (Å²) in [5.41, 5.74) is 0.929. The van der Waals surface area contributed by atoms with Crippen molar-refractivity contribution >= 4 is 11.6 Å². The van der Waals surface area contributed by atoms with Crippen LogP contribution in [0.5, 0.6) is 0 Å². The Balaban J connectivity index is 2.30. The van der Waals surface area contributed by atoms with E-state index in [0.29, 0.717) is 6.42 Å². The molecule has 0 fully saturated rings. The lowest BCUT2D eigenvalue weighted by atomic mass is 10.1. The van der Waals surface area contributed by atoms with Gasteiger partial charge in [-0.1, -0.05) is 25.1 Å². The molecule has 0 aromatic heterocycles. The summed E-state index contributed by atoms with van der Waals surface area (Å²) >= 11 is 0. The number of amides is 1. The molecule has 1 rings (SSSR count). The second kappa shape index (κ2) is 7.68. The summed E-state index contributed by atoms with van der Waals surface area (Å²) in [6.07, 6.45) is 1.44. The molecular formula is C13H20N2O2. The molecule has 1 atom stereocenters. The smallest absolute Gasteiger partial charge is 0.239 e. The van der Waals surface area contributed by atoms with E-state index in [0.717, 1.165) is 12.1 Å². The van der Waals surface area contributed by atoms with Gasteiger partial charge < -0.3 is 15.7 Å². The number of anilines is 1. The quantitative estimate of drug-likeness (QED) is 0.670. The number of aliphatic hydroxyl groups excluding tert-OH is 1. The number of para-hydroxylation sites is 1. The molecule has 0 aliphatic carbocycles. The lowest BCUT2D eigenvalue weighted by Crippen LogP contribution is -2.38. The summed E-state index contributed by atoms with van der Waals surface area (Å²) < 4.78 is 0. The molecule has 1 amide bonds. The Morgan fingerprint density at radius 1 is 1.35 bits per heavy atom. The Morgan fingerprint density at radius 2 is 2.06 bits per heavy atom. The first kappa shape index (κ1) is 13.5. The first-order chi connectivity index (χ1) is 8.26. The largest absolute Gasteiger partial charge is 0.396 e. The highest BCUT2D eigenvalue weighted by atomic mass is 16.3. The molecule has 0 bridgehead atoms. The van der Waals surface area contributed by atoms with Gasteiger partial charge in [-0.25, -0.2) is 0 Å². The van der Waals surface area contributed by atoms with Crippen molar-refractivity contribution in [3.05, 3.63) is 30.3 Å². The molecule has 0 heterocycles. The van der Waals surface area contributed by atoms with E-state index in [1.165, 1.54) is 0 Å². The fourth-order valence-electron chi connectivity index (χ4n) is 1.55. The van der Waals surface area contributed by atoms with Gasteiger partial charge >= 0.3 is 0 Å². The predicted octanol–water partition coefficient (Wildman–Crippen LogP) is 1.38. The number of hydrogen-bond donors (Lipinski definition) is 3. The number of rotatable bonds is 7. The van der Waals surface area contributed by atoms with Crippen molar-refractivity contribution in [3.8, 4) is 0 Å². The van der Waals surface area contributed by atoms with Gasteiger partial charge in [0.15, 0.2) is 0 Å². The molecule has 0 radical (unpaired) electrons. The van der Waals surface area contributed by atoms with E-state index in [1.807, 2.05) is 37.3 Å². The molecule has 0 aliphatic rings. The highest BCUT2D eigenvalue weighted by Crippen LogP contribution is 2.04. The van der Waals surface area contributed by atoms with Crippen LogP contribution in [0.2, 0.25) is 0 Å². The van der Waals surface area contributed by atoms with E-state index in [4.69, 9.17) is 5.11 Å². The average molecular weight is 236 g/mol. The van der Waals surface area contributed by atoms with Gasteiger partial charge in [0, 0.05) is 18.3 Å². The zero-order valence-corrected chi connectivity index (χ0v) is 10.1. The fraction of sp³-hybridized carbons (Fsp3) is 0.462. The number of aliphatic hydroxyl groups is 1. The maximum atomic E-state index is 11.6. The van der Waals surface area contributed by atoms with Crippen molar-refractivity contribution < 1.29 is 9.90 Å². The molecule has 94 valence electrons. The summed E-state index contributed by atoms with van der Waals surface area (Å²) in [5, 5.41) is 14.7. The van der Waals surface area contributed by atoms with E-state index < -0.39 is 0 Å². The molecule has 4 heteroatoms. The third-order valence-corrected chi connectivity index (χ3v) is 2.56. The van der Waals surface area contributed by atoms with Crippen molar-refractivity contribution in [3.63, 3.8) is 0 Å². The molecule has 0 spiro atoms. The lowest BCUT2D eigenvalue weighted by molar-refractivity contribution is -0.120. The van der Waals surface area contributed by atoms with Gasteiger partial charge in [0.25, 0.3) is 0 Å². The van der Waals surface area contributed by atoms with E-state index in [9.17, 15) is 4.79 Å². The van der Waals surface area contributed by atoms with Gasteiger partial charge in [-0.05, 0) is 25.0 Å². The van der Waals surface area contributed by atoms with E-state index in [1.54, 1.807) is 0 Å². The summed E-state index contributed by atoms with van der Waals surface area (Å²) in [6, 6.07) is 9.66. The Kier molecular flexibility index (Phi) is 6.10. The van der Waals surface area contributed by atoms with Crippen LogP contribution in [-0.4, -0.2) is 30.2 Å². The molecule has 17 heavy (non-hydrogen) atoms. The number of carbonyl (C=O) groups is 1. The number of carbonyl (C=O) groups excluding carboxylic acids is 1. The summed E-state index contributed by atoms with van der Waals surface area (Å²) in [5.74, 6) is -0.0471. The van der Waals surface area contributed by atoms with Crippen LogP contribution >= 0.6 is 0 Å². The average Bonchev–Trinajstić information content (AvgIpc) is 2.37. The Labute approximate surface area is 102 Å². The van der Waals surface area contributed by atoms with Gasteiger partial charge in [-0.15, -0.1) is 0 Å². The van der Waals surface area contributed by atoms with Gasteiger partial charge in [0.2, 0.25) is 5.91 Å². The SMILES string of the molecule is CCC(CCO)NC(=O)CNc1ccccc1. The fourth-order valence-corrected chi connectivity index (χ4v) is 1.55. The third kappa shape index (κ3) is 5.36. The maximum Gasteiger partial charge on any atom is 0.239 e. The zero-order chi connectivity index (χ0) is 12.5. The van der Waals surface area contributed by atoms with Crippen LogP contribution in [0.4, 0.5) is 5.69 Å². The monoisotopic (exact) mass is 236 g/mol. The molecule has 3 N–H and O–H groups in total. The molecule has 1 aromatic carbocycles. The van der Waals surface area contributed by atoms with Gasteiger partial charge in [0.05, 0.1) is 6.54 Å². The van der Waals surface area contributed by atoms with Crippen LogP contribution in [0.25, 0.3) is 0 Å².